The van der Waals surface area contributed by atoms with E-state index in [0.29, 0.717) is 25.3 Å². The van der Waals surface area contributed by atoms with Gasteiger partial charge in [-0.25, -0.2) is 8.42 Å². The van der Waals surface area contributed by atoms with Gasteiger partial charge in [0, 0.05) is 39.1 Å². The van der Waals surface area contributed by atoms with Crippen molar-refractivity contribution in [3.8, 4) is 0 Å². The fourth-order valence-corrected chi connectivity index (χ4v) is 6.28. The maximum Gasteiger partial charge on any atom is 0.248 e. The van der Waals surface area contributed by atoms with Crippen LogP contribution in [0.2, 0.25) is 0 Å². The molecular weight excluding hydrogens is 432 g/mol. The van der Waals surface area contributed by atoms with Crippen molar-refractivity contribution in [1.82, 2.24) is 19.3 Å². The molecule has 2 aliphatic heterocycles. The maximum absolute atomic E-state index is 13.1. The first-order chi connectivity index (χ1) is 15.2. The lowest BCUT2D eigenvalue weighted by atomic mass is 10.1. The summed E-state index contributed by atoms with van der Waals surface area (Å²) in [6.07, 6.45) is 0.188. The molecule has 0 spiro atoms. The van der Waals surface area contributed by atoms with Gasteiger partial charge in [-0.2, -0.15) is 4.31 Å². The molecular formula is C22H28N4O5S. The topological polar surface area (TPSA) is 104 Å². The molecule has 0 radical (unpaired) electrons. The fraction of sp³-hybridized carbons (Fsp3) is 0.500. The lowest BCUT2D eigenvalue weighted by Crippen LogP contribution is -2.52. The number of carbonyl (C=O) groups excluding carboxylic acids is 2. The zero-order chi connectivity index (χ0) is 23.0. The van der Waals surface area contributed by atoms with Crippen molar-refractivity contribution >= 4 is 21.8 Å². The SMILES string of the molecule is Cc1noc(C)c1S(=O)(=O)N1CCN(C(=O)[C@H]2CC(=O)N([C@H](C)c3ccccc3)C2)CC1. The van der Waals surface area contributed by atoms with Crippen molar-refractivity contribution in [2.75, 3.05) is 32.7 Å². The molecule has 10 heteroatoms. The molecule has 32 heavy (non-hydrogen) atoms. The Morgan fingerprint density at radius 2 is 1.78 bits per heavy atom. The average Bonchev–Trinajstić information content (AvgIpc) is 3.35. The third kappa shape index (κ3) is 4.04. The molecule has 1 aromatic carbocycles. The minimum absolute atomic E-state index is 0.0284. The van der Waals surface area contributed by atoms with Crippen LogP contribution < -0.4 is 0 Å². The number of hydrogen-bond acceptors (Lipinski definition) is 6. The maximum atomic E-state index is 13.1. The van der Waals surface area contributed by atoms with Crippen LogP contribution >= 0.6 is 0 Å². The number of aryl methyl sites for hydroxylation is 2. The summed E-state index contributed by atoms with van der Waals surface area (Å²) in [5, 5.41) is 3.74. The van der Waals surface area contributed by atoms with E-state index < -0.39 is 15.9 Å². The molecule has 9 nitrogen and oxygen atoms in total. The van der Waals surface area contributed by atoms with Crippen molar-refractivity contribution in [3.05, 3.63) is 47.3 Å². The first kappa shape index (κ1) is 22.5. The molecule has 0 aliphatic carbocycles. The van der Waals surface area contributed by atoms with Crippen LogP contribution in [0.1, 0.15) is 36.4 Å². The van der Waals surface area contributed by atoms with Gasteiger partial charge in [0.1, 0.15) is 10.6 Å². The Bertz CT molecular complexity index is 1090. The van der Waals surface area contributed by atoms with Gasteiger partial charge in [0.05, 0.1) is 12.0 Å². The summed E-state index contributed by atoms with van der Waals surface area (Å²) in [5.41, 5.74) is 1.37. The monoisotopic (exact) mass is 460 g/mol. The van der Waals surface area contributed by atoms with Gasteiger partial charge >= 0.3 is 0 Å². The number of piperazine rings is 1. The number of amides is 2. The van der Waals surface area contributed by atoms with E-state index in [9.17, 15) is 18.0 Å². The summed E-state index contributed by atoms with van der Waals surface area (Å²) >= 11 is 0. The summed E-state index contributed by atoms with van der Waals surface area (Å²) in [5.74, 6) is -0.257. The van der Waals surface area contributed by atoms with Gasteiger partial charge in [-0.1, -0.05) is 35.5 Å². The highest BCUT2D eigenvalue weighted by Gasteiger charge is 2.40. The van der Waals surface area contributed by atoms with E-state index in [0.717, 1.165) is 5.56 Å². The van der Waals surface area contributed by atoms with Crippen LogP contribution in [-0.2, 0) is 19.6 Å². The number of benzene rings is 1. The standard InChI is InChI=1S/C22H28N4O5S/c1-15-21(17(3)31-23-15)32(29,30)25-11-9-24(10-12-25)22(28)19-13-20(27)26(14-19)16(2)18-7-5-4-6-8-18/h4-8,16,19H,9-14H2,1-3H3/t16-,19+/m1/s1. The quantitative estimate of drug-likeness (QED) is 0.673. The third-order valence-electron chi connectivity index (χ3n) is 6.37. The summed E-state index contributed by atoms with van der Waals surface area (Å²) < 4.78 is 32.4. The van der Waals surface area contributed by atoms with Crippen molar-refractivity contribution < 1.29 is 22.5 Å². The molecule has 1 aromatic heterocycles. The molecule has 2 fully saturated rings. The molecule has 3 heterocycles. The normalized spacial score (nSPS) is 21.2. The number of nitrogens with zero attached hydrogens (tertiary/aromatic N) is 4. The molecule has 2 atom stereocenters. The van der Waals surface area contributed by atoms with Crippen LogP contribution in [0.4, 0.5) is 0 Å². The second kappa shape index (κ2) is 8.67. The second-order valence-corrected chi connectivity index (χ2v) is 10.3. The van der Waals surface area contributed by atoms with Gasteiger partial charge < -0.3 is 14.3 Å². The van der Waals surface area contributed by atoms with E-state index in [1.807, 2.05) is 37.3 Å². The fourth-order valence-electron chi connectivity index (χ4n) is 4.56. The van der Waals surface area contributed by atoms with Gasteiger partial charge in [0.2, 0.25) is 21.8 Å². The van der Waals surface area contributed by atoms with Gasteiger partial charge in [-0.15, -0.1) is 0 Å². The molecule has 0 saturated carbocycles. The lowest BCUT2D eigenvalue weighted by molar-refractivity contribution is -0.137. The molecule has 2 aliphatic rings. The lowest BCUT2D eigenvalue weighted by Gasteiger charge is -2.35. The first-order valence-corrected chi connectivity index (χ1v) is 12.2. The van der Waals surface area contributed by atoms with Crippen LogP contribution in [0.3, 0.4) is 0 Å². The molecule has 0 bridgehead atoms. The van der Waals surface area contributed by atoms with Crippen LogP contribution in [0.5, 0.6) is 0 Å². The second-order valence-electron chi connectivity index (χ2n) is 8.42. The third-order valence-corrected chi connectivity index (χ3v) is 8.52. The number of aromatic nitrogens is 1. The highest BCUT2D eigenvalue weighted by molar-refractivity contribution is 7.89. The van der Waals surface area contributed by atoms with Crippen molar-refractivity contribution in [3.63, 3.8) is 0 Å². The molecule has 2 amide bonds. The van der Waals surface area contributed by atoms with Crippen molar-refractivity contribution in [2.45, 2.75) is 38.1 Å². The van der Waals surface area contributed by atoms with E-state index in [4.69, 9.17) is 4.52 Å². The Morgan fingerprint density at radius 1 is 1.12 bits per heavy atom. The summed E-state index contributed by atoms with van der Waals surface area (Å²) in [6.45, 7) is 6.50. The summed E-state index contributed by atoms with van der Waals surface area (Å²) in [6, 6.07) is 9.66. The van der Waals surface area contributed by atoms with Crippen molar-refractivity contribution in [2.24, 2.45) is 5.92 Å². The van der Waals surface area contributed by atoms with E-state index in [1.165, 1.54) is 4.31 Å². The molecule has 172 valence electrons. The minimum atomic E-state index is -3.73. The zero-order valence-electron chi connectivity index (χ0n) is 18.5. The molecule has 0 N–H and O–H groups in total. The van der Waals surface area contributed by atoms with Gasteiger partial charge in [0.15, 0.2) is 5.76 Å². The Kier molecular flexibility index (Phi) is 6.09. The van der Waals surface area contributed by atoms with Crippen LogP contribution in [0.15, 0.2) is 39.8 Å². The number of carbonyl (C=O) groups is 2. The highest BCUT2D eigenvalue weighted by Crippen LogP contribution is 2.30. The van der Waals surface area contributed by atoms with E-state index in [1.54, 1.807) is 23.6 Å². The number of rotatable bonds is 5. The Balaban J connectivity index is 1.38. The van der Waals surface area contributed by atoms with Gasteiger partial charge in [-0.3, -0.25) is 9.59 Å². The predicted octanol–water partition coefficient (Wildman–Crippen LogP) is 1.73. The van der Waals surface area contributed by atoms with Gasteiger partial charge in [0.25, 0.3) is 0 Å². The predicted molar refractivity (Wildman–Crippen MR) is 116 cm³/mol. The molecule has 0 unspecified atom stereocenters. The highest BCUT2D eigenvalue weighted by atomic mass is 32.2. The van der Waals surface area contributed by atoms with E-state index >= 15 is 0 Å². The number of sulfonamides is 1. The smallest absolute Gasteiger partial charge is 0.248 e. The summed E-state index contributed by atoms with van der Waals surface area (Å²) in [7, 11) is -3.73. The number of likely N-dealkylation sites (tertiary alicyclic amines) is 1. The minimum Gasteiger partial charge on any atom is -0.360 e. The zero-order valence-corrected chi connectivity index (χ0v) is 19.3. The average molecular weight is 461 g/mol. The molecule has 2 aromatic rings. The molecule has 2 saturated heterocycles. The van der Waals surface area contributed by atoms with E-state index in [-0.39, 0.29) is 48.0 Å². The number of hydrogen-bond donors (Lipinski definition) is 0. The Labute approximate surface area is 188 Å². The Morgan fingerprint density at radius 3 is 2.38 bits per heavy atom. The van der Waals surface area contributed by atoms with Crippen LogP contribution in [0.25, 0.3) is 0 Å². The first-order valence-electron chi connectivity index (χ1n) is 10.8. The largest absolute Gasteiger partial charge is 0.360 e. The van der Waals surface area contributed by atoms with Crippen LogP contribution in [0, 0.1) is 19.8 Å². The van der Waals surface area contributed by atoms with Crippen molar-refractivity contribution in [1.29, 1.82) is 0 Å². The Hall–Kier alpha value is -2.72. The van der Waals surface area contributed by atoms with E-state index in [2.05, 4.69) is 5.16 Å². The van der Waals surface area contributed by atoms with Gasteiger partial charge in [-0.05, 0) is 26.3 Å². The van der Waals surface area contributed by atoms with Crippen LogP contribution in [-0.4, -0.2) is 72.2 Å². The molecule has 4 rings (SSSR count). The summed E-state index contributed by atoms with van der Waals surface area (Å²) in [4.78, 5) is 29.3.